The molecule has 1 N–H and O–H groups in total. The summed E-state index contributed by atoms with van der Waals surface area (Å²) in [6.45, 7) is 4.76. The van der Waals surface area contributed by atoms with Gasteiger partial charge in [0.2, 0.25) is 0 Å². The summed E-state index contributed by atoms with van der Waals surface area (Å²) in [4.78, 5) is 13.2. The Balaban J connectivity index is 1.32. The third-order valence-electron chi connectivity index (χ3n) is 7.22. The van der Waals surface area contributed by atoms with E-state index in [4.69, 9.17) is 4.74 Å². The number of aryl methyl sites for hydroxylation is 1. The maximum absolute atomic E-state index is 13.2. The molecular weight excluding hydrogens is 458 g/mol. The van der Waals surface area contributed by atoms with Crippen molar-refractivity contribution in [1.82, 2.24) is 19.3 Å². The predicted octanol–water partition coefficient (Wildman–Crippen LogP) is 6.13. The Labute approximate surface area is 211 Å². The van der Waals surface area contributed by atoms with Crippen LogP contribution in [0.3, 0.4) is 0 Å². The van der Waals surface area contributed by atoms with Gasteiger partial charge in [-0.15, -0.1) is 10.2 Å². The zero-order chi connectivity index (χ0) is 24.4. The fourth-order valence-electron chi connectivity index (χ4n) is 5.31. The monoisotopic (exact) mass is 493 g/mol. The molecule has 0 radical (unpaired) electrons. The van der Waals surface area contributed by atoms with Gasteiger partial charge in [-0.25, -0.2) is 0 Å². The van der Waals surface area contributed by atoms with Crippen molar-refractivity contribution in [3.8, 4) is 5.75 Å². The molecule has 2 aromatic heterocycles. The van der Waals surface area contributed by atoms with Gasteiger partial charge >= 0.3 is 0 Å². The maximum atomic E-state index is 13.2. The molecule has 2 heterocycles. The molecule has 1 aromatic carbocycles. The average molecular weight is 494 g/mol. The number of nitrogens with zero attached hydrogens (tertiary/aromatic N) is 4. The number of anilines is 1. The van der Waals surface area contributed by atoms with E-state index in [0.717, 1.165) is 46.5 Å². The van der Waals surface area contributed by atoms with E-state index in [9.17, 15) is 4.79 Å². The molecule has 2 aliphatic carbocycles. The summed E-state index contributed by atoms with van der Waals surface area (Å²) in [5, 5.41) is 13.4. The molecule has 8 heteroatoms. The number of thioether (sulfide) groups is 1. The summed E-state index contributed by atoms with van der Waals surface area (Å²) in [5.74, 6) is 2.29. The van der Waals surface area contributed by atoms with Crippen LogP contribution >= 0.6 is 11.8 Å². The van der Waals surface area contributed by atoms with E-state index < -0.39 is 0 Å². The van der Waals surface area contributed by atoms with Crippen LogP contribution in [-0.4, -0.2) is 38.0 Å². The van der Waals surface area contributed by atoms with Crippen LogP contribution < -0.4 is 10.1 Å². The summed E-state index contributed by atoms with van der Waals surface area (Å²) in [7, 11) is 1.67. The largest absolute Gasteiger partial charge is 0.497 e. The minimum Gasteiger partial charge on any atom is -0.497 e. The van der Waals surface area contributed by atoms with Crippen molar-refractivity contribution in [3.63, 3.8) is 0 Å². The van der Waals surface area contributed by atoms with Gasteiger partial charge < -0.3 is 19.2 Å². The number of ketones is 1. The molecule has 2 aliphatic rings. The van der Waals surface area contributed by atoms with Gasteiger partial charge in [0.25, 0.3) is 0 Å². The van der Waals surface area contributed by atoms with Crippen molar-refractivity contribution in [2.75, 3.05) is 18.2 Å². The second-order valence-electron chi connectivity index (χ2n) is 9.74. The normalized spacial score (nSPS) is 16.4. The van der Waals surface area contributed by atoms with Gasteiger partial charge in [0.1, 0.15) is 5.75 Å². The zero-order valence-corrected chi connectivity index (χ0v) is 21.7. The third-order valence-corrected chi connectivity index (χ3v) is 8.17. The summed E-state index contributed by atoms with van der Waals surface area (Å²) >= 11 is 1.52. The minimum atomic E-state index is 0.171. The molecule has 0 aliphatic heterocycles. The first-order valence-corrected chi connectivity index (χ1v) is 13.7. The average Bonchev–Trinajstić information content (AvgIpc) is 3.56. The van der Waals surface area contributed by atoms with Crippen molar-refractivity contribution in [1.29, 1.82) is 0 Å². The van der Waals surface area contributed by atoms with Crippen molar-refractivity contribution in [2.45, 2.75) is 82.6 Å². The third kappa shape index (κ3) is 5.27. The Morgan fingerprint density at radius 1 is 1.06 bits per heavy atom. The van der Waals surface area contributed by atoms with E-state index in [0.29, 0.717) is 24.4 Å². The first-order chi connectivity index (χ1) is 17.0. The number of ether oxygens (including phenoxy) is 1. The fraction of sp³-hybridized carbons (Fsp3) is 0.519. The highest BCUT2D eigenvalue weighted by atomic mass is 32.2. The maximum Gasteiger partial charge on any atom is 0.191 e. The molecular formula is C27H35N5O2S. The van der Waals surface area contributed by atoms with Gasteiger partial charge in [-0.3, -0.25) is 4.79 Å². The highest BCUT2D eigenvalue weighted by molar-refractivity contribution is 7.99. The highest BCUT2D eigenvalue weighted by Gasteiger charge is 2.29. The number of nitrogens with one attached hydrogen (secondary N) is 1. The van der Waals surface area contributed by atoms with Crippen LogP contribution in [0, 0.1) is 13.8 Å². The molecule has 0 amide bonds. The molecule has 2 fully saturated rings. The lowest BCUT2D eigenvalue weighted by Crippen LogP contribution is -2.18. The van der Waals surface area contributed by atoms with Gasteiger partial charge in [0.05, 0.1) is 19.4 Å². The number of hydrogen-bond acceptors (Lipinski definition) is 6. The van der Waals surface area contributed by atoms with Crippen LogP contribution in [0.1, 0.15) is 84.6 Å². The van der Waals surface area contributed by atoms with Gasteiger partial charge in [-0.2, -0.15) is 0 Å². The van der Waals surface area contributed by atoms with Crippen LogP contribution in [0.25, 0.3) is 0 Å². The Hall–Kier alpha value is -2.74. The summed E-state index contributed by atoms with van der Waals surface area (Å²) < 4.78 is 9.97. The summed E-state index contributed by atoms with van der Waals surface area (Å²) in [6, 6.07) is 10.9. The zero-order valence-electron chi connectivity index (χ0n) is 20.9. The van der Waals surface area contributed by atoms with E-state index in [1.165, 1.54) is 49.6 Å². The topological polar surface area (TPSA) is 74.0 Å². The van der Waals surface area contributed by atoms with Crippen LogP contribution in [0.5, 0.6) is 5.75 Å². The molecule has 5 rings (SSSR count). The van der Waals surface area contributed by atoms with Crippen molar-refractivity contribution >= 4 is 23.2 Å². The van der Waals surface area contributed by atoms with Crippen LogP contribution in [0.2, 0.25) is 0 Å². The van der Waals surface area contributed by atoms with Crippen molar-refractivity contribution in [3.05, 3.63) is 53.1 Å². The minimum absolute atomic E-state index is 0.171. The van der Waals surface area contributed by atoms with E-state index in [1.807, 2.05) is 24.3 Å². The second kappa shape index (κ2) is 10.5. The number of Topliss-reactive ketones (excluding diaryl/α,β-unsaturated/α-hetero) is 1. The standard InChI is InChI=1S/C27H35N5O2S/c1-18-14-24(19(2)31(18)22-12-13-22)25(33)17-35-27-30-29-26(32(27)21-9-5-4-6-10-21)16-28-20-8-7-11-23(15-20)34-3/h7-8,11,14-15,21-22,28H,4-6,9-10,12-13,16-17H2,1-3H3. The van der Waals surface area contributed by atoms with Crippen LogP contribution in [-0.2, 0) is 6.54 Å². The lowest BCUT2D eigenvalue weighted by Gasteiger charge is -2.25. The Morgan fingerprint density at radius 2 is 1.83 bits per heavy atom. The SMILES string of the molecule is COc1cccc(NCc2nnc(SCC(=O)c3cc(C)n(C4CC4)c3C)n2C2CCCCC2)c1. The van der Waals surface area contributed by atoms with Gasteiger partial charge in [0, 0.05) is 40.8 Å². The quantitative estimate of drug-likeness (QED) is 0.270. The van der Waals surface area contributed by atoms with E-state index in [-0.39, 0.29) is 5.78 Å². The molecule has 186 valence electrons. The second-order valence-corrected chi connectivity index (χ2v) is 10.7. The molecule has 2 saturated carbocycles. The molecule has 0 unspecified atom stereocenters. The van der Waals surface area contributed by atoms with Gasteiger partial charge in [-0.1, -0.05) is 37.1 Å². The Kier molecular flexibility index (Phi) is 7.18. The molecule has 0 saturated heterocycles. The summed E-state index contributed by atoms with van der Waals surface area (Å²) in [5.41, 5.74) is 4.13. The number of aromatic nitrogens is 4. The number of hydrogen-bond donors (Lipinski definition) is 1. The van der Waals surface area contributed by atoms with Gasteiger partial charge in [-0.05, 0) is 57.7 Å². The molecule has 7 nitrogen and oxygen atoms in total. The Bertz CT molecular complexity index is 1190. The van der Waals surface area contributed by atoms with E-state index in [1.54, 1.807) is 7.11 Å². The van der Waals surface area contributed by atoms with Crippen molar-refractivity contribution < 1.29 is 9.53 Å². The number of benzene rings is 1. The van der Waals surface area contributed by atoms with E-state index >= 15 is 0 Å². The molecule has 3 aromatic rings. The first-order valence-electron chi connectivity index (χ1n) is 12.7. The molecule has 0 spiro atoms. The van der Waals surface area contributed by atoms with E-state index in [2.05, 4.69) is 44.6 Å². The smallest absolute Gasteiger partial charge is 0.191 e. The fourth-order valence-corrected chi connectivity index (χ4v) is 6.22. The summed E-state index contributed by atoms with van der Waals surface area (Å²) in [6.07, 6.45) is 8.44. The number of carbonyl (C=O) groups is 1. The molecule has 0 atom stereocenters. The number of rotatable bonds is 10. The van der Waals surface area contributed by atoms with Crippen LogP contribution in [0.15, 0.2) is 35.5 Å². The molecule has 0 bridgehead atoms. The van der Waals surface area contributed by atoms with Gasteiger partial charge in [0.15, 0.2) is 16.8 Å². The predicted molar refractivity (Wildman–Crippen MR) is 140 cm³/mol. The lowest BCUT2D eigenvalue weighted by atomic mass is 9.95. The highest BCUT2D eigenvalue weighted by Crippen LogP contribution is 2.39. The number of methoxy groups -OCH3 is 1. The van der Waals surface area contributed by atoms with Crippen molar-refractivity contribution in [2.24, 2.45) is 0 Å². The first kappa shape index (κ1) is 24.0. The Morgan fingerprint density at radius 3 is 2.57 bits per heavy atom. The molecule has 35 heavy (non-hydrogen) atoms. The lowest BCUT2D eigenvalue weighted by molar-refractivity contribution is 0.102. The number of carbonyl (C=O) groups excluding carboxylic acids is 1. The van der Waals surface area contributed by atoms with Crippen LogP contribution in [0.4, 0.5) is 5.69 Å².